The number of halogens is 1. The highest BCUT2D eigenvalue weighted by Crippen LogP contribution is 2.26. The van der Waals surface area contributed by atoms with E-state index in [1.54, 1.807) is 17.0 Å². The highest BCUT2D eigenvalue weighted by atomic mass is 35.5. The van der Waals surface area contributed by atoms with Crippen molar-refractivity contribution < 1.29 is 9.59 Å². The predicted octanol–water partition coefficient (Wildman–Crippen LogP) is 2.43. The molecule has 1 aromatic rings. The van der Waals surface area contributed by atoms with Gasteiger partial charge < -0.3 is 9.80 Å². The van der Waals surface area contributed by atoms with Crippen LogP contribution in [-0.4, -0.2) is 71.8 Å². The fourth-order valence-corrected chi connectivity index (χ4v) is 4.39. The average Bonchev–Trinajstić information content (AvgIpc) is 2.80. The number of likely N-dealkylation sites (tertiary alicyclic amines) is 1. The molecule has 2 aliphatic heterocycles. The second kappa shape index (κ2) is 8.19. The van der Waals surface area contributed by atoms with Crippen molar-refractivity contribution in [3.05, 3.63) is 34.9 Å². The molecule has 1 aliphatic carbocycles. The van der Waals surface area contributed by atoms with Gasteiger partial charge in [-0.25, -0.2) is 0 Å². The minimum absolute atomic E-state index is 0.0191. The highest BCUT2D eigenvalue weighted by Gasteiger charge is 2.38. The minimum atomic E-state index is -0.0191. The summed E-state index contributed by atoms with van der Waals surface area (Å²) < 4.78 is 0. The lowest BCUT2D eigenvalue weighted by molar-refractivity contribution is -0.148. The topological polar surface area (TPSA) is 43.9 Å². The number of hydrogen-bond acceptors (Lipinski definition) is 3. The summed E-state index contributed by atoms with van der Waals surface area (Å²) in [7, 11) is 0. The lowest BCUT2D eigenvalue weighted by Gasteiger charge is -2.41. The van der Waals surface area contributed by atoms with Gasteiger partial charge in [-0.3, -0.25) is 14.5 Å². The van der Waals surface area contributed by atoms with Gasteiger partial charge in [0.25, 0.3) is 0 Å². The number of amides is 2. The molecule has 0 atom stereocenters. The number of carbonyl (C=O) groups is 2. The van der Waals surface area contributed by atoms with E-state index in [-0.39, 0.29) is 17.7 Å². The molecule has 146 valence electrons. The molecule has 0 N–H and O–H groups in total. The normalized spacial score (nSPS) is 22.1. The molecule has 2 saturated heterocycles. The first-order chi connectivity index (χ1) is 13.1. The Hall–Kier alpha value is -1.59. The third-order valence-electron chi connectivity index (χ3n) is 6.29. The fourth-order valence-electron chi connectivity index (χ4n) is 4.26. The summed E-state index contributed by atoms with van der Waals surface area (Å²) in [4.78, 5) is 31.6. The van der Waals surface area contributed by atoms with Crippen LogP contribution in [0.4, 0.5) is 0 Å². The Bertz CT molecular complexity index is 683. The minimum Gasteiger partial charge on any atom is -0.341 e. The number of rotatable bonds is 4. The molecule has 3 aliphatic rings. The summed E-state index contributed by atoms with van der Waals surface area (Å²) in [5.41, 5.74) is 0.961. The Kier molecular flexibility index (Phi) is 5.69. The van der Waals surface area contributed by atoms with Gasteiger partial charge in [-0.15, -0.1) is 0 Å². The van der Waals surface area contributed by atoms with Crippen molar-refractivity contribution in [3.8, 4) is 0 Å². The van der Waals surface area contributed by atoms with Gasteiger partial charge in [0.05, 0.1) is 12.3 Å². The van der Waals surface area contributed by atoms with Crippen LogP contribution in [0.1, 0.15) is 31.2 Å². The third kappa shape index (κ3) is 4.30. The molecule has 2 amide bonds. The van der Waals surface area contributed by atoms with E-state index in [0.717, 1.165) is 44.2 Å². The van der Waals surface area contributed by atoms with E-state index in [4.69, 9.17) is 11.6 Å². The molecule has 0 radical (unpaired) electrons. The summed E-state index contributed by atoms with van der Waals surface area (Å²) in [5, 5.41) is 0.675. The summed E-state index contributed by atoms with van der Waals surface area (Å²) in [5.74, 6) is 0.309. The maximum atomic E-state index is 12.8. The average molecular weight is 390 g/mol. The molecule has 5 nitrogen and oxygen atoms in total. The van der Waals surface area contributed by atoms with Crippen molar-refractivity contribution in [1.29, 1.82) is 0 Å². The predicted molar refractivity (Wildman–Crippen MR) is 106 cm³/mol. The van der Waals surface area contributed by atoms with Crippen LogP contribution in [0.25, 0.3) is 0 Å². The van der Waals surface area contributed by atoms with Crippen LogP contribution >= 0.6 is 11.6 Å². The van der Waals surface area contributed by atoms with Crippen molar-refractivity contribution in [2.24, 2.45) is 5.92 Å². The highest BCUT2D eigenvalue weighted by molar-refractivity contribution is 6.30. The van der Waals surface area contributed by atoms with E-state index in [1.807, 2.05) is 17.0 Å². The molecule has 2 heterocycles. The zero-order valence-electron chi connectivity index (χ0n) is 15.8. The largest absolute Gasteiger partial charge is 0.341 e. The summed E-state index contributed by atoms with van der Waals surface area (Å²) >= 11 is 5.89. The van der Waals surface area contributed by atoms with Gasteiger partial charge in [0.15, 0.2) is 0 Å². The van der Waals surface area contributed by atoms with Crippen LogP contribution in [-0.2, 0) is 16.0 Å². The van der Waals surface area contributed by atoms with Crippen LogP contribution in [0.15, 0.2) is 24.3 Å². The monoisotopic (exact) mass is 389 g/mol. The molecule has 0 aromatic heterocycles. The van der Waals surface area contributed by atoms with Gasteiger partial charge in [-0.05, 0) is 37.0 Å². The Labute approximate surface area is 166 Å². The molecular formula is C21H28ClN3O2. The van der Waals surface area contributed by atoms with Crippen LogP contribution in [0.5, 0.6) is 0 Å². The number of carbonyl (C=O) groups excluding carboxylic acids is 2. The summed E-state index contributed by atoms with van der Waals surface area (Å²) in [6, 6.07) is 8.13. The van der Waals surface area contributed by atoms with Crippen LogP contribution < -0.4 is 0 Å². The van der Waals surface area contributed by atoms with Crippen molar-refractivity contribution in [2.45, 2.75) is 38.1 Å². The van der Waals surface area contributed by atoms with E-state index in [0.29, 0.717) is 24.5 Å². The van der Waals surface area contributed by atoms with Gasteiger partial charge in [-0.2, -0.15) is 0 Å². The van der Waals surface area contributed by atoms with Gasteiger partial charge in [0, 0.05) is 50.3 Å². The quantitative estimate of drug-likeness (QED) is 0.794. The second-order valence-corrected chi connectivity index (χ2v) is 8.53. The molecule has 0 spiro atoms. The lowest BCUT2D eigenvalue weighted by atomic mass is 9.91. The zero-order valence-corrected chi connectivity index (χ0v) is 16.5. The van der Waals surface area contributed by atoms with E-state index < -0.39 is 0 Å². The van der Waals surface area contributed by atoms with Gasteiger partial charge in [0.2, 0.25) is 11.8 Å². The molecule has 0 bridgehead atoms. The van der Waals surface area contributed by atoms with Crippen LogP contribution in [0.3, 0.4) is 0 Å². The standard InChI is InChI=1S/C21H28ClN3O2/c22-18-7-5-16(6-8-18)13-20(26)25-14-17(15-25)21(27)24-10-2-9-23(11-12-24)19-3-1-4-19/h5-8,17,19H,1-4,9-15H2. The first-order valence-corrected chi connectivity index (χ1v) is 10.5. The van der Waals surface area contributed by atoms with E-state index >= 15 is 0 Å². The van der Waals surface area contributed by atoms with Gasteiger partial charge in [-0.1, -0.05) is 30.2 Å². The number of hydrogen-bond donors (Lipinski definition) is 0. The van der Waals surface area contributed by atoms with Gasteiger partial charge in [0.1, 0.15) is 0 Å². The molecule has 27 heavy (non-hydrogen) atoms. The first-order valence-electron chi connectivity index (χ1n) is 10.2. The Morgan fingerprint density at radius 1 is 0.926 bits per heavy atom. The lowest BCUT2D eigenvalue weighted by Crippen LogP contribution is -2.57. The van der Waals surface area contributed by atoms with Crippen LogP contribution in [0.2, 0.25) is 5.02 Å². The molecule has 0 unspecified atom stereocenters. The van der Waals surface area contributed by atoms with Crippen molar-refractivity contribution in [1.82, 2.24) is 14.7 Å². The molecule has 1 aromatic carbocycles. The number of benzene rings is 1. The molecule has 1 saturated carbocycles. The Balaban J connectivity index is 1.23. The Morgan fingerprint density at radius 2 is 1.67 bits per heavy atom. The SMILES string of the molecule is O=C(Cc1ccc(Cl)cc1)N1CC(C(=O)N2CCCN(C3CCC3)CC2)C1. The second-order valence-electron chi connectivity index (χ2n) is 8.10. The number of nitrogens with zero attached hydrogens (tertiary/aromatic N) is 3. The van der Waals surface area contributed by atoms with E-state index in [9.17, 15) is 9.59 Å². The molecular weight excluding hydrogens is 362 g/mol. The fraction of sp³-hybridized carbons (Fsp3) is 0.619. The van der Waals surface area contributed by atoms with E-state index in [2.05, 4.69) is 4.90 Å². The zero-order chi connectivity index (χ0) is 18.8. The van der Waals surface area contributed by atoms with Crippen molar-refractivity contribution in [2.75, 3.05) is 39.3 Å². The van der Waals surface area contributed by atoms with E-state index in [1.165, 1.54) is 19.3 Å². The third-order valence-corrected chi connectivity index (χ3v) is 6.54. The molecule has 4 rings (SSSR count). The summed E-state index contributed by atoms with van der Waals surface area (Å²) in [6.07, 6.45) is 5.43. The van der Waals surface area contributed by atoms with Crippen molar-refractivity contribution >= 4 is 23.4 Å². The van der Waals surface area contributed by atoms with Gasteiger partial charge >= 0.3 is 0 Å². The summed E-state index contributed by atoms with van der Waals surface area (Å²) in [6.45, 7) is 4.94. The van der Waals surface area contributed by atoms with Crippen molar-refractivity contribution in [3.63, 3.8) is 0 Å². The molecule has 6 heteroatoms. The van der Waals surface area contributed by atoms with Crippen LogP contribution in [0, 0.1) is 5.92 Å². The smallest absolute Gasteiger partial charge is 0.229 e. The molecule has 3 fully saturated rings. The maximum absolute atomic E-state index is 12.8. The first kappa shape index (κ1) is 18.8. The Morgan fingerprint density at radius 3 is 2.33 bits per heavy atom. The maximum Gasteiger partial charge on any atom is 0.229 e.